The predicted molar refractivity (Wildman–Crippen MR) is 121 cm³/mol. The number of fused-ring (bicyclic) bond motifs is 1. The molecule has 1 fully saturated rings. The highest BCUT2D eigenvalue weighted by Crippen LogP contribution is 2.29. The average Bonchev–Trinajstić information content (AvgIpc) is 3.27. The first kappa shape index (κ1) is 25.5. The number of rotatable bonds is 5. The van der Waals surface area contributed by atoms with Crippen LogP contribution in [0.4, 0.5) is 22.0 Å². The number of halogens is 5. The van der Waals surface area contributed by atoms with Crippen LogP contribution in [0.3, 0.4) is 0 Å². The van der Waals surface area contributed by atoms with Gasteiger partial charge < -0.3 is 15.0 Å². The van der Waals surface area contributed by atoms with Gasteiger partial charge >= 0.3 is 6.18 Å². The Morgan fingerprint density at radius 2 is 2.06 bits per heavy atom. The van der Waals surface area contributed by atoms with Crippen LogP contribution in [0, 0.1) is 17.0 Å². The summed E-state index contributed by atoms with van der Waals surface area (Å²) in [5, 5.41) is 11.8. The minimum absolute atomic E-state index is 0.0183. The normalized spacial score (nSPS) is 16.6. The Labute approximate surface area is 202 Å². The molecule has 0 bridgehead atoms. The first-order valence-electron chi connectivity index (χ1n) is 11.0. The lowest BCUT2D eigenvalue weighted by Crippen LogP contribution is -2.41. The third kappa shape index (κ3) is 5.30. The van der Waals surface area contributed by atoms with Gasteiger partial charge in [-0.05, 0) is 26.3 Å². The van der Waals surface area contributed by atoms with Crippen molar-refractivity contribution in [3.05, 3.63) is 47.4 Å². The van der Waals surface area contributed by atoms with Crippen LogP contribution in [0.2, 0.25) is 0 Å². The molecule has 0 radical (unpaired) electrons. The van der Waals surface area contributed by atoms with Crippen molar-refractivity contribution in [1.82, 2.24) is 24.1 Å². The number of nitrogens with one attached hydrogen (secondary N) is 1. The van der Waals surface area contributed by atoms with Crippen LogP contribution < -0.4 is 0 Å². The van der Waals surface area contributed by atoms with Crippen molar-refractivity contribution >= 4 is 23.8 Å². The van der Waals surface area contributed by atoms with Crippen molar-refractivity contribution in [2.45, 2.75) is 38.6 Å². The van der Waals surface area contributed by atoms with E-state index < -0.39 is 35.9 Å². The lowest BCUT2D eigenvalue weighted by Gasteiger charge is -2.28. The first-order valence-corrected chi connectivity index (χ1v) is 11.0. The number of carbonyl (C=O) groups excluding carboxylic acids is 1. The van der Waals surface area contributed by atoms with E-state index in [1.807, 2.05) is 13.8 Å². The van der Waals surface area contributed by atoms with E-state index in [9.17, 15) is 26.7 Å². The molecule has 192 valence electrons. The summed E-state index contributed by atoms with van der Waals surface area (Å²) in [5.74, 6) is -2.34. The van der Waals surface area contributed by atoms with Crippen molar-refractivity contribution in [1.29, 1.82) is 5.41 Å². The maximum atomic E-state index is 14.1. The van der Waals surface area contributed by atoms with E-state index in [4.69, 9.17) is 10.1 Å². The summed E-state index contributed by atoms with van der Waals surface area (Å²) in [7, 11) is 0. The number of hydrogen-bond donors (Lipinski definition) is 1. The van der Waals surface area contributed by atoms with Crippen LogP contribution in [0.5, 0.6) is 0 Å². The van der Waals surface area contributed by atoms with Crippen molar-refractivity contribution in [2.75, 3.05) is 19.7 Å². The molecule has 8 nitrogen and oxygen atoms in total. The number of carbonyl (C=O) groups is 1. The number of aromatic nitrogens is 4. The highest BCUT2D eigenvalue weighted by atomic mass is 19.4. The van der Waals surface area contributed by atoms with Crippen molar-refractivity contribution in [3.8, 4) is 11.4 Å². The molecule has 1 saturated heterocycles. The van der Waals surface area contributed by atoms with Crippen LogP contribution in [-0.2, 0) is 16.1 Å². The molecule has 0 saturated carbocycles. The summed E-state index contributed by atoms with van der Waals surface area (Å²) >= 11 is 0. The fourth-order valence-electron chi connectivity index (χ4n) is 4.11. The number of ether oxygens (including phenoxy) is 1. The van der Waals surface area contributed by atoms with Crippen molar-refractivity contribution < 1.29 is 31.5 Å². The maximum Gasteiger partial charge on any atom is 0.408 e. The molecule has 1 aliphatic rings. The van der Waals surface area contributed by atoms with Crippen LogP contribution in [-0.4, -0.2) is 67.7 Å². The van der Waals surface area contributed by atoms with Gasteiger partial charge in [0.15, 0.2) is 11.5 Å². The molecule has 4 heterocycles. The van der Waals surface area contributed by atoms with Gasteiger partial charge in [0.05, 0.1) is 23.2 Å². The molecule has 0 aliphatic carbocycles. The minimum Gasteiger partial charge on any atom is -0.374 e. The van der Waals surface area contributed by atoms with E-state index >= 15 is 0 Å². The van der Waals surface area contributed by atoms with Gasteiger partial charge in [-0.15, -0.1) is 0 Å². The number of alkyl halides is 3. The van der Waals surface area contributed by atoms with E-state index in [0.29, 0.717) is 36.9 Å². The topological polar surface area (TPSA) is 88.5 Å². The lowest BCUT2D eigenvalue weighted by molar-refractivity contribution is -0.142. The Balaban J connectivity index is 1.79. The summed E-state index contributed by atoms with van der Waals surface area (Å²) in [6, 6.07) is 0.626. The summed E-state index contributed by atoms with van der Waals surface area (Å²) in [6.45, 7) is 3.34. The van der Waals surface area contributed by atoms with Crippen molar-refractivity contribution in [2.24, 2.45) is 0 Å². The fraction of sp³-hybridized carbons (Fsp3) is 0.391. The molecule has 36 heavy (non-hydrogen) atoms. The molecule has 0 aromatic carbocycles. The third-order valence-corrected chi connectivity index (χ3v) is 5.61. The van der Waals surface area contributed by atoms with Gasteiger partial charge in [-0.2, -0.15) is 18.3 Å². The first-order chi connectivity index (χ1) is 16.9. The highest BCUT2D eigenvalue weighted by Gasteiger charge is 2.32. The highest BCUT2D eigenvalue weighted by molar-refractivity contribution is 5.96. The number of imidazole rings is 1. The monoisotopic (exact) mass is 510 g/mol. The molecule has 4 rings (SSSR count). The second-order valence-electron chi connectivity index (χ2n) is 8.96. The molecule has 0 unspecified atom stereocenters. The van der Waals surface area contributed by atoms with Crippen LogP contribution in [0.25, 0.3) is 23.1 Å². The summed E-state index contributed by atoms with van der Waals surface area (Å²) in [6.07, 6.45) is 1.04. The SMILES string of the molecule is CC1(C)CN(C(=O)/C=C/c2c(C=N)c(-c3cnc4c(F)cc(F)cn34)nn2CC(F)(F)F)CCCO1. The summed E-state index contributed by atoms with van der Waals surface area (Å²) < 4.78 is 75.3. The molecular weight excluding hydrogens is 487 g/mol. The Bertz CT molecular complexity index is 1340. The zero-order valence-corrected chi connectivity index (χ0v) is 19.4. The fourth-order valence-corrected chi connectivity index (χ4v) is 4.11. The standard InChI is InChI=1S/C23H23F5N6O2/c1-22(2)12-32(6-3-7-36-22)19(35)5-4-17-15(9-29)20(31-34(17)13-23(26,27)28)18-10-30-21-16(25)8-14(24)11-33(18)21/h4-5,8-11,29H,3,6-7,12-13H2,1-2H3/b5-4+,29-9?. The average molecular weight is 510 g/mol. The quantitative estimate of drug-likeness (QED) is 0.318. The second kappa shape index (κ2) is 9.45. The number of hydrogen-bond acceptors (Lipinski definition) is 5. The molecule has 13 heteroatoms. The van der Waals surface area contributed by atoms with Gasteiger partial charge in [0.1, 0.15) is 18.1 Å². The summed E-state index contributed by atoms with van der Waals surface area (Å²) in [4.78, 5) is 18.3. The van der Waals surface area contributed by atoms with Gasteiger partial charge in [0.2, 0.25) is 5.91 Å². The van der Waals surface area contributed by atoms with Gasteiger partial charge in [0, 0.05) is 49.8 Å². The zero-order chi connectivity index (χ0) is 26.3. The molecule has 3 aromatic rings. The largest absolute Gasteiger partial charge is 0.408 e. The number of amides is 1. The molecule has 0 atom stereocenters. The third-order valence-electron chi connectivity index (χ3n) is 5.61. The predicted octanol–water partition coefficient (Wildman–Crippen LogP) is 4.08. The lowest BCUT2D eigenvalue weighted by atomic mass is 10.1. The maximum absolute atomic E-state index is 14.1. The van der Waals surface area contributed by atoms with E-state index in [-0.39, 0.29) is 28.3 Å². The second-order valence-corrected chi connectivity index (χ2v) is 8.96. The molecule has 1 aliphatic heterocycles. The van der Waals surface area contributed by atoms with Crippen LogP contribution in [0.1, 0.15) is 31.5 Å². The zero-order valence-electron chi connectivity index (χ0n) is 19.4. The van der Waals surface area contributed by atoms with Gasteiger partial charge in [0.25, 0.3) is 0 Å². The Morgan fingerprint density at radius 3 is 2.75 bits per heavy atom. The van der Waals surface area contributed by atoms with Crippen molar-refractivity contribution in [3.63, 3.8) is 0 Å². The van der Waals surface area contributed by atoms with E-state index in [2.05, 4.69) is 10.1 Å². The van der Waals surface area contributed by atoms with Gasteiger partial charge in [-0.3, -0.25) is 13.9 Å². The number of nitrogens with zero attached hydrogens (tertiary/aromatic N) is 5. The minimum atomic E-state index is -4.67. The van der Waals surface area contributed by atoms with Gasteiger partial charge in [-0.25, -0.2) is 13.8 Å². The molecule has 3 aromatic heterocycles. The Kier molecular flexibility index (Phi) is 6.69. The van der Waals surface area contributed by atoms with E-state index in [1.165, 1.54) is 4.90 Å². The summed E-state index contributed by atoms with van der Waals surface area (Å²) in [5.41, 5.74) is -1.25. The Hall–Kier alpha value is -3.61. The molecule has 1 N–H and O–H groups in total. The Morgan fingerprint density at radius 1 is 1.31 bits per heavy atom. The smallest absolute Gasteiger partial charge is 0.374 e. The molecule has 0 spiro atoms. The van der Waals surface area contributed by atoms with Crippen LogP contribution >= 0.6 is 0 Å². The van der Waals surface area contributed by atoms with Gasteiger partial charge in [-0.1, -0.05) is 0 Å². The molecule has 1 amide bonds. The number of pyridine rings is 1. The van der Waals surface area contributed by atoms with Crippen LogP contribution in [0.15, 0.2) is 24.5 Å². The van der Waals surface area contributed by atoms with E-state index in [0.717, 1.165) is 35.2 Å². The van der Waals surface area contributed by atoms with E-state index in [1.54, 1.807) is 0 Å². The molecular formula is C23H23F5N6O2.